The van der Waals surface area contributed by atoms with E-state index in [0.29, 0.717) is 6.42 Å². The Morgan fingerprint density at radius 2 is 2.45 bits per heavy atom. The SMILES string of the molecule is CCC(Cl)C(=O)OCC#CI. The lowest BCUT2D eigenvalue weighted by Gasteiger charge is -2.03. The van der Waals surface area contributed by atoms with Crippen molar-refractivity contribution in [2.75, 3.05) is 6.61 Å². The topological polar surface area (TPSA) is 26.3 Å². The zero-order valence-corrected chi connectivity index (χ0v) is 8.98. The van der Waals surface area contributed by atoms with E-state index in [1.807, 2.05) is 29.5 Å². The van der Waals surface area contributed by atoms with Crippen LogP contribution < -0.4 is 0 Å². The minimum atomic E-state index is -0.536. The van der Waals surface area contributed by atoms with Crippen LogP contribution in [-0.2, 0) is 9.53 Å². The fourth-order valence-electron chi connectivity index (χ4n) is 0.392. The van der Waals surface area contributed by atoms with Gasteiger partial charge in [0.1, 0.15) is 5.38 Å². The van der Waals surface area contributed by atoms with Crippen LogP contribution >= 0.6 is 34.2 Å². The monoisotopic (exact) mass is 286 g/mol. The van der Waals surface area contributed by atoms with Gasteiger partial charge in [-0.1, -0.05) is 12.8 Å². The number of carbonyl (C=O) groups is 1. The van der Waals surface area contributed by atoms with Gasteiger partial charge < -0.3 is 4.74 Å². The predicted molar refractivity (Wildman–Crippen MR) is 52.7 cm³/mol. The van der Waals surface area contributed by atoms with Crippen molar-refractivity contribution in [2.45, 2.75) is 18.7 Å². The molecule has 11 heavy (non-hydrogen) atoms. The van der Waals surface area contributed by atoms with E-state index >= 15 is 0 Å². The minimum absolute atomic E-state index is 0.130. The summed E-state index contributed by atoms with van der Waals surface area (Å²) in [5.41, 5.74) is 0. The van der Waals surface area contributed by atoms with E-state index in [2.05, 4.69) is 14.6 Å². The van der Waals surface area contributed by atoms with Crippen LogP contribution in [0.2, 0.25) is 0 Å². The van der Waals surface area contributed by atoms with Crippen LogP contribution in [0.15, 0.2) is 0 Å². The molecule has 0 spiro atoms. The highest BCUT2D eigenvalue weighted by Gasteiger charge is 2.12. The third-order valence-electron chi connectivity index (χ3n) is 0.968. The van der Waals surface area contributed by atoms with Crippen molar-refractivity contribution >= 4 is 40.2 Å². The Labute approximate surface area is 84.8 Å². The van der Waals surface area contributed by atoms with Crippen molar-refractivity contribution in [1.29, 1.82) is 0 Å². The minimum Gasteiger partial charge on any atom is -0.451 e. The first-order valence-corrected chi connectivity index (χ1v) is 4.63. The summed E-state index contributed by atoms with van der Waals surface area (Å²) in [6.45, 7) is 1.95. The Bertz CT molecular complexity index is 183. The number of hydrogen-bond donors (Lipinski definition) is 0. The van der Waals surface area contributed by atoms with E-state index in [-0.39, 0.29) is 6.61 Å². The maximum atomic E-state index is 10.8. The molecule has 0 heterocycles. The van der Waals surface area contributed by atoms with Crippen LogP contribution in [0.5, 0.6) is 0 Å². The molecule has 0 N–H and O–H groups in total. The quantitative estimate of drug-likeness (QED) is 0.343. The molecule has 2 nitrogen and oxygen atoms in total. The lowest BCUT2D eigenvalue weighted by molar-refractivity contribution is -0.141. The van der Waals surface area contributed by atoms with Crippen molar-refractivity contribution < 1.29 is 9.53 Å². The number of alkyl halides is 1. The van der Waals surface area contributed by atoms with Gasteiger partial charge in [-0.2, -0.15) is 0 Å². The van der Waals surface area contributed by atoms with E-state index in [4.69, 9.17) is 11.6 Å². The number of rotatable bonds is 3. The van der Waals surface area contributed by atoms with Crippen LogP contribution in [0.1, 0.15) is 13.3 Å². The van der Waals surface area contributed by atoms with Crippen LogP contribution in [0.25, 0.3) is 0 Å². The normalized spacial score (nSPS) is 11.2. The Kier molecular flexibility index (Phi) is 6.77. The van der Waals surface area contributed by atoms with Gasteiger partial charge in [-0.3, -0.25) is 4.79 Å². The summed E-state index contributed by atoms with van der Waals surface area (Å²) < 4.78 is 7.27. The molecule has 4 heteroatoms. The third kappa shape index (κ3) is 5.33. The molecule has 0 aromatic carbocycles. The summed E-state index contributed by atoms with van der Waals surface area (Å²) in [4.78, 5) is 10.8. The third-order valence-corrected chi connectivity index (χ3v) is 1.84. The molecule has 0 bridgehead atoms. The molecule has 0 fully saturated rings. The molecule has 0 aromatic heterocycles. The van der Waals surface area contributed by atoms with Crippen molar-refractivity contribution in [1.82, 2.24) is 0 Å². The lowest BCUT2D eigenvalue weighted by Crippen LogP contribution is -2.16. The average molecular weight is 286 g/mol. The molecule has 0 aliphatic heterocycles. The molecule has 0 amide bonds. The Hall–Kier alpha value is 0.0500. The molecule has 1 atom stereocenters. The summed E-state index contributed by atoms with van der Waals surface area (Å²) >= 11 is 7.45. The first kappa shape index (κ1) is 11.1. The van der Waals surface area contributed by atoms with Crippen LogP contribution in [0.3, 0.4) is 0 Å². The Morgan fingerprint density at radius 1 is 1.82 bits per heavy atom. The van der Waals surface area contributed by atoms with Crippen molar-refractivity contribution in [3.05, 3.63) is 0 Å². The smallest absolute Gasteiger partial charge is 0.324 e. The van der Waals surface area contributed by atoms with Gasteiger partial charge in [0.05, 0.1) is 0 Å². The van der Waals surface area contributed by atoms with Crippen molar-refractivity contribution in [3.63, 3.8) is 0 Å². The summed E-state index contributed by atoms with van der Waals surface area (Å²) in [6, 6.07) is 0. The molecule has 1 unspecified atom stereocenters. The molecule has 0 aliphatic rings. The van der Waals surface area contributed by atoms with Crippen molar-refractivity contribution in [2.24, 2.45) is 0 Å². The number of esters is 1. The molecule has 62 valence electrons. The molecule has 0 saturated carbocycles. The van der Waals surface area contributed by atoms with Gasteiger partial charge in [0, 0.05) is 22.6 Å². The fourth-order valence-corrected chi connectivity index (χ4v) is 0.610. The van der Waals surface area contributed by atoms with Gasteiger partial charge in [-0.25, -0.2) is 0 Å². The number of hydrogen-bond acceptors (Lipinski definition) is 2. The van der Waals surface area contributed by atoms with Gasteiger partial charge in [0.15, 0.2) is 6.61 Å². The van der Waals surface area contributed by atoms with Gasteiger partial charge in [-0.15, -0.1) is 11.6 Å². The maximum absolute atomic E-state index is 10.8. The molecule has 0 radical (unpaired) electrons. The van der Waals surface area contributed by atoms with E-state index in [0.717, 1.165) is 0 Å². The summed E-state index contributed by atoms with van der Waals surface area (Å²) in [5, 5.41) is -0.536. The summed E-state index contributed by atoms with van der Waals surface area (Å²) in [6.07, 6.45) is 0.581. The fraction of sp³-hybridized carbons (Fsp3) is 0.571. The van der Waals surface area contributed by atoms with Gasteiger partial charge in [-0.05, 0) is 10.3 Å². The zero-order valence-electron chi connectivity index (χ0n) is 6.06. The lowest BCUT2D eigenvalue weighted by atomic mass is 10.3. The van der Waals surface area contributed by atoms with Gasteiger partial charge in [0.25, 0.3) is 0 Å². The second-order valence-electron chi connectivity index (χ2n) is 1.75. The maximum Gasteiger partial charge on any atom is 0.324 e. The zero-order chi connectivity index (χ0) is 8.69. The highest BCUT2D eigenvalue weighted by atomic mass is 127. The van der Waals surface area contributed by atoms with Crippen LogP contribution in [0, 0.1) is 9.85 Å². The summed E-state index contributed by atoms with van der Waals surface area (Å²) in [7, 11) is 0. The number of halogens is 2. The first-order valence-electron chi connectivity index (χ1n) is 3.11. The summed E-state index contributed by atoms with van der Waals surface area (Å²) in [5.74, 6) is 2.20. The van der Waals surface area contributed by atoms with Gasteiger partial charge >= 0.3 is 5.97 Å². The Balaban J connectivity index is 3.57. The second kappa shape index (κ2) is 6.74. The molecule has 0 saturated heterocycles. The van der Waals surface area contributed by atoms with E-state index in [1.54, 1.807) is 0 Å². The second-order valence-corrected chi connectivity index (χ2v) is 2.82. The molecule has 0 aliphatic carbocycles. The Morgan fingerprint density at radius 3 is 2.91 bits per heavy atom. The van der Waals surface area contributed by atoms with Gasteiger partial charge in [0.2, 0.25) is 0 Å². The van der Waals surface area contributed by atoms with Crippen LogP contribution in [0.4, 0.5) is 0 Å². The molecule has 0 aromatic rings. The van der Waals surface area contributed by atoms with Crippen LogP contribution in [-0.4, -0.2) is 18.0 Å². The largest absolute Gasteiger partial charge is 0.451 e. The number of ether oxygens (including phenoxy) is 1. The van der Waals surface area contributed by atoms with E-state index in [1.165, 1.54) is 0 Å². The highest BCUT2D eigenvalue weighted by Crippen LogP contribution is 2.02. The molecular formula is C7H8ClIO2. The molecule has 0 rings (SSSR count). The molecular weight excluding hydrogens is 278 g/mol. The standard InChI is InChI=1S/C7H8ClIO2/c1-2-6(8)7(10)11-5-3-4-9/h6H,2,5H2,1H3. The number of carbonyl (C=O) groups excluding carboxylic acids is 1. The van der Waals surface area contributed by atoms with E-state index < -0.39 is 11.3 Å². The first-order chi connectivity index (χ1) is 5.22. The highest BCUT2D eigenvalue weighted by molar-refractivity contribution is 14.1. The van der Waals surface area contributed by atoms with Crippen molar-refractivity contribution in [3.8, 4) is 9.85 Å². The predicted octanol–water partition coefficient (Wildman–Crippen LogP) is 1.94. The average Bonchev–Trinajstić information content (AvgIpc) is 2.03. The van der Waals surface area contributed by atoms with E-state index in [9.17, 15) is 4.79 Å².